The fraction of sp³-hybridized carbons (Fsp3) is 0.556. The summed E-state index contributed by atoms with van der Waals surface area (Å²) in [7, 11) is 0. The summed E-state index contributed by atoms with van der Waals surface area (Å²) in [4.78, 5) is 27.5. The molecule has 0 N–H and O–H groups in total. The average Bonchev–Trinajstić information content (AvgIpc) is 2.66. The number of amides is 1. The third-order valence-electron chi connectivity index (χ3n) is 4.69. The Morgan fingerprint density at radius 3 is 2.76 bits per heavy atom. The molecule has 3 nitrogen and oxygen atoms in total. The summed E-state index contributed by atoms with van der Waals surface area (Å²) < 4.78 is 0. The second-order valence-electron chi connectivity index (χ2n) is 6.49. The molecule has 0 radical (unpaired) electrons. The van der Waals surface area contributed by atoms with Gasteiger partial charge in [0.25, 0.3) is 0 Å². The van der Waals surface area contributed by atoms with E-state index in [0.717, 1.165) is 24.0 Å². The van der Waals surface area contributed by atoms with Gasteiger partial charge in [-0.1, -0.05) is 30.7 Å². The molecule has 1 aliphatic heterocycles. The zero-order valence-electron chi connectivity index (χ0n) is 13.3. The Morgan fingerprint density at radius 1 is 1.43 bits per heavy atom. The van der Waals surface area contributed by atoms with Crippen LogP contribution in [-0.2, 0) is 9.59 Å². The molecule has 2 atom stereocenters. The highest BCUT2D eigenvalue weighted by Crippen LogP contribution is 2.47. The zero-order chi connectivity index (χ0) is 15.6. The van der Waals surface area contributed by atoms with Gasteiger partial charge >= 0.3 is 0 Å². The Hall–Kier alpha value is -1.64. The summed E-state index contributed by atoms with van der Waals surface area (Å²) in [6, 6.07) is 0. The van der Waals surface area contributed by atoms with Gasteiger partial charge in [-0.25, -0.2) is 0 Å². The Labute approximate surface area is 127 Å². The van der Waals surface area contributed by atoms with Crippen LogP contribution in [0.25, 0.3) is 0 Å². The second kappa shape index (κ2) is 6.00. The van der Waals surface area contributed by atoms with Crippen molar-refractivity contribution in [1.82, 2.24) is 4.90 Å². The van der Waals surface area contributed by atoms with Gasteiger partial charge in [0.15, 0.2) is 5.78 Å². The standard InChI is InChI=1S/C18H25NO2/c1-5-11-19-12-14(4)18(17(19)21)10-6-7-15(16(18)20)9-8-13(2)3/h5,8-9,14H,1,6-7,10-12H2,2-4H3/b15-9+. The Morgan fingerprint density at radius 2 is 2.14 bits per heavy atom. The molecule has 2 aliphatic rings. The summed E-state index contributed by atoms with van der Waals surface area (Å²) in [5.41, 5.74) is 1.15. The van der Waals surface area contributed by atoms with Gasteiger partial charge in [-0.15, -0.1) is 6.58 Å². The average molecular weight is 287 g/mol. The molecule has 1 saturated heterocycles. The van der Waals surface area contributed by atoms with Gasteiger partial charge in [-0.3, -0.25) is 9.59 Å². The summed E-state index contributed by atoms with van der Waals surface area (Å²) in [6.45, 7) is 10.9. The van der Waals surface area contributed by atoms with E-state index in [9.17, 15) is 9.59 Å². The van der Waals surface area contributed by atoms with Crippen LogP contribution in [0.2, 0.25) is 0 Å². The third-order valence-corrected chi connectivity index (χ3v) is 4.69. The van der Waals surface area contributed by atoms with E-state index in [4.69, 9.17) is 0 Å². The SMILES string of the molecule is C=CCN1CC(C)C2(CCC/C(=C\C=C(C)C)C2=O)C1=O. The molecule has 1 aliphatic carbocycles. The Balaban J connectivity index is 2.35. The minimum Gasteiger partial charge on any atom is -0.338 e. The monoisotopic (exact) mass is 287 g/mol. The van der Waals surface area contributed by atoms with Crippen molar-refractivity contribution in [1.29, 1.82) is 0 Å². The molecule has 1 amide bonds. The highest BCUT2D eigenvalue weighted by Gasteiger charge is 2.57. The van der Waals surface area contributed by atoms with Crippen molar-refractivity contribution < 1.29 is 9.59 Å². The maximum atomic E-state index is 13.0. The summed E-state index contributed by atoms with van der Waals surface area (Å²) in [6.07, 6.45) is 7.99. The number of allylic oxidation sites excluding steroid dienone is 4. The molecule has 0 bridgehead atoms. The molecule has 114 valence electrons. The van der Waals surface area contributed by atoms with Crippen LogP contribution >= 0.6 is 0 Å². The molecule has 0 aromatic carbocycles. The third kappa shape index (κ3) is 2.61. The van der Waals surface area contributed by atoms with Crippen molar-refractivity contribution in [2.75, 3.05) is 13.1 Å². The highest BCUT2D eigenvalue weighted by atomic mass is 16.2. The molecule has 2 rings (SSSR count). The van der Waals surface area contributed by atoms with E-state index in [2.05, 4.69) is 6.58 Å². The van der Waals surface area contributed by atoms with E-state index in [1.54, 1.807) is 11.0 Å². The van der Waals surface area contributed by atoms with E-state index in [0.29, 0.717) is 19.5 Å². The molecular formula is C18H25NO2. The van der Waals surface area contributed by atoms with Crippen molar-refractivity contribution in [2.45, 2.75) is 40.0 Å². The fourth-order valence-corrected chi connectivity index (χ4v) is 3.55. The van der Waals surface area contributed by atoms with Crippen LogP contribution in [0.1, 0.15) is 40.0 Å². The van der Waals surface area contributed by atoms with Crippen molar-refractivity contribution >= 4 is 11.7 Å². The topological polar surface area (TPSA) is 37.4 Å². The molecule has 0 aromatic rings. The highest BCUT2D eigenvalue weighted by molar-refractivity contribution is 6.15. The predicted octanol–water partition coefficient (Wildman–Crippen LogP) is 3.28. The van der Waals surface area contributed by atoms with Crippen LogP contribution < -0.4 is 0 Å². The first-order valence-electron chi connectivity index (χ1n) is 7.72. The van der Waals surface area contributed by atoms with Crippen LogP contribution in [0.15, 0.2) is 36.0 Å². The lowest BCUT2D eigenvalue weighted by Gasteiger charge is -2.34. The van der Waals surface area contributed by atoms with Gasteiger partial charge in [-0.2, -0.15) is 0 Å². The maximum absolute atomic E-state index is 13.0. The number of hydrogen-bond acceptors (Lipinski definition) is 2. The molecule has 1 heterocycles. The number of likely N-dealkylation sites (tertiary alicyclic amines) is 1. The predicted molar refractivity (Wildman–Crippen MR) is 84.7 cm³/mol. The second-order valence-corrected chi connectivity index (χ2v) is 6.49. The molecule has 1 spiro atoms. The van der Waals surface area contributed by atoms with Gasteiger partial charge in [0.2, 0.25) is 5.91 Å². The number of Topliss-reactive ketones (excluding diaryl/α,β-unsaturated/α-hetero) is 1. The quantitative estimate of drug-likeness (QED) is 0.454. The molecular weight excluding hydrogens is 262 g/mol. The van der Waals surface area contributed by atoms with Gasteiger partial charge in [0, 0.05) is 13.1 Å². The lowest BCUT2D eigenvalue weighted by Crippen LogP contribution is -2.45. The van der Waals surface area contributed by atoms with Crippen LogP contribution in [-0.4, -0.2) is 29.7 Å². The van der Waals surface area contributed by atoms with Crippen molar-refractivity contribution in [3.63, 3.8) is 0 Å². The van der Waals surface area contributed by atoms with E-state index in [1.165, 1.54) is 0 Å². The van der Waals surface area contributed by atoms with Crippen molar-refractivity contribution in [3.05, 3.63) is 36.0 Å². The smallest absolute Gasteiger partial charge is 0.237 e. The largest absolute Gasteiger partial charge is 0.338 e. The van der Waals surface area contributed by atoms with Gasteiger partial charge in [0.05, 0.1) is 0 Å². The molecule has 2 unspecified atom stereocenters. The minimum absolute atomic E-state index is 0.00250. The molecule has 3 heteroatoms. The van der Waals surface area contributed by atoms with Crippen molar-refractivity contribution in [3.8, 4) is 0 Å². The van der Waals surface area contributed by atoms with E-state index >= 15 is 0 Å². The summed E-state index contributed by atoms with van der Waals surface area (Å²) in [5.74, 6) is 0.130. The number of carbonyl (C=O) groups excluding carboxylic acids is 2. The molecule has 21 heavy (non-hydrogen) atoms. The maximum Gasteiger partial charge on any atom is 0.237 e. The van der Waals surface area contributed by atoms with Crippen LogP contribution in [0.3, 0.4) is 0 Å². The fourth-order valence-electron chi connectivity index (χ4n) is 3.55. The van der Waals surface area contributed by atoms with Crippen LogP contribution in [0.5, 0.6) is 0 Å². The van der Waals surface area contributed by atoms with E-state index in [-0.39, 0.29) is 17.6 Å². The lowest BCUT2D eigenvalue weighted by molar-refractivity contribution is -0.145. The van der Waals surface area contributed by atoms with Crippen LogP contribution in [0.4, 0.5) is 0 Å². The minimum atomic E-state index is -0.817. The Kier molecular flexibility index (Phi) is 4.50. The first kappa shape index (κ1) is 15.7. The van der Waals surface area contributed by atoms with E-state index in [1.807, 2.05) is 32.9 Å². The number of carbonyl (C=O) groups is 2. The molecule has 1 saturated carbocycles. The van der Waals surface area contributed by atoms with Gasteiger partial charge < -0.3 is 4.90 Å². The van der Waals surface area contributed by atoms with Gasteiger partial charge in [0.1, 0.15) is 5.41 Å². The zero-order valence-corrected chi connectivity index (χ0v) is 13.3. The normalized spacial score (nSPS) is 31.1. The summed E-state index contributed by atoms with van der Waals surface area (Å²) >= 11 is 0. The number of nitrogens with zero attached hydrogens (tertiary/aromatic N) is 1. The number of rotatable bonds is 3. The van der Waals surface area contributed by atoms with Gasteiger partial charge in [-0.05, 0) is 44.6 Å². The first-order chi connectivity index (χ1) is 9.93. The van der Waals surface area contributed by atoms with Crippen molar-refractivity contribution in [2.24, 2.45) is 11.3 Å². The van der Waals surface area contributed by atoms with Crippen LogP contribution in [0, 0.1) is 11.3 Å². The Bertz CT molecular complexity index is 525. The lowest BCUT2D eigenvalue weighted by atomic mass is 9.65. The number of hydrogen-bond donors (Lipinski definition) is 0. The first-order valence-corrected chi connectivity index (χ1v) is 7.72. The molecule has 2 fully saturated rings. The summed E-state index contributed by atoms with van der Waals surface area (Å²) in [5, 5.41) is 0. The number of ketones is 1. The van der Waals surface area contributed by atoms with E-state index < -0.39 is 5.41 Å². The molecule has 0 aromatic heterocycles.